The van der Waals surface area contributed by atoms with Crippen molar-refractivity contribution in [3.63, 3.8) is 0 Å². The van der Waals surface area contributed by atoms with Crippen molar-refractivity contribution in [1.82, 2.24) is 4.31 Å². The van der Waals surface area contributed by atoms with Crippen molar-refractivity contribution in [1.29, 1.82) is 0 Å². The number of ether oxygens (including phenoxy) is 1. The lowest BCUT2D eigenvalue weighted by Crippen LogP contribution is -2.33. The summed E-state index contributed by atoms with van der Waals surface area (Å²) in [6.07, 6.45) is 0. The van der Waals surface area contributed by atoms with Crippen LogP contribution in [0.5, 0.6) is 11.5 Å². The van der Waals surface area contributed by atoms with Crippen LogP contribution < -0.4 is 8.92 Å². The number of nitrogens with zero attached hydrogens (tertiary/aromatic N) is 1. The van der Waals surface area contributed by atoms with E-state index in [9.17, 15) is 16.8 Å². The van der Waals surface area contributed by atoms with E-state index in [2.05, 4.69) is 0 Å². The number of hydrogen-bond donors (Lipinski definition) is 0. The second-order valence-corrected chi connectivity index (χ2v) is 10.7. The van der Waals surface area contributed by atoms with Gasteiger partial charge < -0.3 is 8.92 Å². The molecule has 0 bridgehead atoms. The van der Waals surface area contributed by atoms with Gasteiger partial charge >= 0.3 is 10.1 Å². The van der Waals surface area contributed by atoms with Crippen LogP contribution in [0.15, 0.2) is 53.4 Å². The Balaban J connectivity index is 2.33. The van der Waals surface area contributed by atoms with Crippen LogP contribution in [0.2, 0.25) is 0 Å². The molecule has 0 N–H and O–H groups in total. The first kappa shape index (κ1) is 23.2. The van der Waals surface area contributed by atoms with Crippen LogP contribution in [-0.2, 0) is 26.7 Å². The van der Waals surface area contributed by atoms with Crippen molar-refractivity contribution >= 4 is 20.1 Å². The highest BCUT2D eigenvalue weighted by atomic mass is 32.2. The summed E-state index contributed by atoms with van der Waals surface area (Å²) in [4.78, 5) is 0.167. The number of methoxy groups -OCH3 is 1. The summed E-state index contributed by atoms with van der Waals surface area (Å²) in [6, 6.07) is 12.7. The lowest BCUT2D eigenvalue weighted by Gasteiger charge is -2.24. The minimum absolute atomic E-state index is 0.0932. The van der Waals surface area contributed by atoms with Gasteiger partial charge in [0.1, 0.15) is 11.5 Å². The Labute approximate surface area is 173 Å². The Morgan fingerprint density at radius 1 is 0.966 bits per heavy atom. The van der Waals surface area contributed by atoms with E-state index in [4.69, 9.17) is 8.92 Å². The molecule has 0 saturated heterocycles. The Bertz CT molecular complexity index is 1020. The van der Waals surface area contributed by atoms with E-state index in [0.29, 0.717) is 17.9 Å². The molecule has 0 heterocycles. The van der Waals surface area contributed by atoms with Gasteiger partial charge in [0.05, 0.1) is 17.8 Å². The number of rotatable bonds is 10. The first-order chi connectivity index (χ1) is 13.6. The molecule has 0 aromatic heterocycles. The second kappa shape index (κ2) is 9.60. The Morgan fingerprint density at radius 2 is 1.62 bits per heavy atom. The summed E-state index contributed by atoms with van der Waals surface area (Å²) in [5.41, 5.74) is 0.631. The summed E-state index contributed by atoms with van der Waals surface area (Å²) < 4.78 is 61.3. The van der Waals surface area contributed by atoms with Gasteiger partial charge in [-0.3, -0.25) is 0 Å². The third-order valence-electron chi connectivity index (χ3n) is 4.10. The van der Waals surface area contributed by atoms with Crippen molar-refractivity contribution in [2.75, 3.05) is 19.4 Å². The molecule has 0 atom stereocenters. The topological polar surface area (TPSA) is 90.0 Å². The van der Waals surface area contributed by atoms with Gasteiger partial charge in [0.2, 0.25) is 10.0 Å². The van der Waals surface area contributed by atoms with Crippen LogP contribution in [0.3, 0.4) is 0 Å². The van der Waals surface area contributed by atoms with Crippen LogP contribution in [0.25, 0.3) is 0 Å². The molecule has 2 aromatic carbocycles. The average molecular weight is 442 g/mol. The van der Waals surface area contributed by atoms with Crippen LogP contribution in [0.1, 0.15) is 26.3 Å². The zero-order valence-corrected chi connectivity index (χ0v) is 18.7. The molecule has 9 heteroatoms. The maximum absolute atomic E-state index is 13.2. The quantitative estimate of drug-likeness (QED) is 0.526. The van der Waals surface area contributed by atoms with E-state index in [0.717, 1.165) is 0 Å². The van der Waals surface area contributed by atoms with Crippen molar-refractivity contribution in [2.24, 2.45) is 5.92 Å². The maximum Gasteiger partial charge on any atom is 0.308 e. The van der Waals surface area contributed by atoms with E-state index >= 15 is 0 Å². The maximum atomic E-state index is 13.2. The number of benzene rings is 2. The van der Waals surface area contributed by atoms with Gasteiger partial charge in [-0.15, -0.1) is 0 Å². The fourth-order valence-corrected chi connectivity index (χ4v) is 4.76. The lowest BCUT2D eigenvalue weighted by atomic mass is 10.2. The minimum Gasteiger partial charge on any atom is -0.497 e. The van der Waals surface area contributed by atoms with Gasteiger partial charge in [0.25, 0.3) is 0 Å². The van der Waals surface area contributed by atoms with Crippen LogP contribution in [0, 0.1) is 5.92 Å². The molecule has 0 aliphatic heterocycles. The van der Waals surface area contributed by atoms with Gasteiger partial charge in [0, 0.05) is 13.1 Å². The number of sulfonamides is 1. The molecular formula is C20H27NO6S2. The first-order valence-electron chi connectivity index (χ1n) is 9.22. The van der Waals surface area contributed by atoms with Crippen molar-refractivity contribution < 1.29 is 25.8 Å². The molecule has 0 saturated carbocycles. The zero-order chi connectivity index (χ0) is 21.7. The monoisotopic (exact) mass is 441 g/mol. The van der Waals surface area contributed by atoms with Gasteiger partial charge in [-0.25, -0.2) is 8.42 Å². The van der Waals surface area contributed by atoms with E-state index in [1.165, 1.54) is 36.5 Å². The second-order valence-electron chi connectivity index (χ2n) is 6.94. The predicted molar refractivity (Wildman–Crippen MR) is 112 cm³/mol. The van der Waals surface area contributed by atoms with E-state index in [1.807, 2.05) is 13.8 Å². The molecule has 29 heavy (non-hydrogen) atoms. The molecule has 2 aromatic rings. The minimum atomic E-state index is -3.75. The van der Waals surface area contributed by atoms with Gasteiger partial charge in [0.15, 0.2) is 0 Å². The molecule has 0 unspecified atom stereocenters. The van der Waals surface area contributed by atoms with Crippen LogP contribution in [-0.4, -0.2) is 40.5 Å². The summed E-state index contributed by atoms with van der Waals surface area (Å²) in [5, 5.41) is 0. The largest absolute Gasteiger partial charge is 0.497 e. The summed E-state index contributed by atoms with van der Waals surface area (Å²) in [6.45, 7) is 5.77. The predicted octanol–water partition coefficient (Wildman–Crippen LogP) is 3.27. The smallest absolute Gasteiger partial charge is 0.308 e. The Kier molecular flexibility index (Phi) is 7.67. The molecule has 0 radical (unpaired) electrons. The lowest BCUT2D eigenvalue weighted by molar-refractivity contribution is 0.361. The average Bonchev–Trinajstić information content (AvgIpc) is 2.67. The molecule has 160 valence electrons. The Morgan fingerprint density at radius 3 is 2.17 bits per heavy atom. The first-order valence-corrected chi connectivity index (χ1v) is 12.2. The van der Waals surface area contributed by atoms with Crippen molar-refractivity contribution in [3.05, 3.63) is 54.1 Å². The number of hydrogen-bond acceptors (Lipinski definition) is 6. The fraction of sp³-hybridized carbons (Fsp3) is 0.400. The highest BCUT2D eigenvalue weighted by Gasteiger charge is 2.25. The molecule has 0 fully saturated rings. The summed E-state index contributed by atoms with van der Waals surface area (Å²) in [5.74, 6) is 0.683. The van der Waals surface area contributed by atoms with E-state index < -0.39 is 20.1 Å². The highest BCUT2D eigenvalue weighted by molar-refractivity contribution is 7.89. The SMILES string of the molecule is CCS(=O)(=O)Oc1cccc(CN(CC(C)C)S(=O)(=O)c2ccc(OC)cc2)c1. The summed E-state index contributed by atoms with van der Waals surface area (Å²) >= 11 is 0. The van der Waals surface area contributed by atoms with Crippen molar-refractivity contribution in [3.8, 4) is 11.5 Å². The molecule has 0 aliphatic rings. The molecule has 0 aliphatic carbocycles. The zero-order valence-electron chi connectivity index (χ0n) is 17.0. The normalized spacial score (nSPS) is 12.3. The third-order valence-corrected chi connectivity index (χ3v) is 7.08. The summed E-state index contributed by atoms with van der Waals surface area (Å²) in [7, 11) is -5.90. The van der Waals surface area contributed by atoms with E-state index in [-0.39, 0.29) is 28.9 Å². The molecule has 7 nitrogen and oxygen atoms in total. The molecule has 2 rings (SSSR count). The molecular weight excluding hydrogens is 414 g/mol. The molecule has 0 spiro atoms. The van der Waals surface area contributed by atoms with Crippen molar-refractivity contribution in [2.45, 2.75) is 32.2 Å². The molecule has 0 amide bonds. The van der Waals surface area contributed by atoms with E-state index in [1.54, 1.807) is 30.3 Å². The fourth-order valence-electron chi connectivity index (χ4n) is 2.66. The standard InChI is InChI=1S/C20H27NO6S2/c1-5-28(22,23)27-19-8-6-7-17(13-19)15-21(14-16(2)3)29(24,25)20-11-9-18(26-4)10-12-20/h6-13,16H,5,14-15H2,1-4H3. The van der Waals surface area contributed by atoms with Crippen LogP contribution in [0.4, 0.5) is 0 Å². The third kappa shape index (κ3) is 6.45. The van der Waals surface area contributed by atoms with Gasteiger partial charge in [-0.05, 0) is 54.8 Å². The van der Waals surface area contributed by atoms with Gasteiger partial charge in [-0.1, -0.05) is 26.0 Å². The van der Waals surface area contributed by atoms with Gasteiger partial charge in [-0.2, -0.15) is 12.7 Å². The Hall–Kier alpha value is -2.10. The van der Waals surface area contributed by atoms with Crippen LogP contribution >= 0.6 is 0 Å². The highest BCUT2D eigenvalue weighted by Crippen LogP contribution is 2.24.